The van der Waals surface area contributed by atoms with Gasteiger partial charge in [-0.25, -0.2) is 9.59 Å². The van der Waals surface area contributed by atoms with Crippen molar-refractivity contribution in [2.75, 3.05) is 6.54 Å². The number of amides is 1. The van der Waals surface area contributed by atoms with Crippen molar-refractivity contribution in [1.29, 1.82) is 0 Å². The van der Waals surface area contributed by atoms with E-state index in [-0.39, 0.29) is 16.2 Å². The molecule has 0 aromatic rings. The number of hydrogen-bond acceptors (Lipinski definition) is 2. The predicted octanol–water partition coefficient (Wildman–Crippen LogP) is 2.02. The highest BCUT2D eigenvalue weighted by Gasteiger charge is 2.85. The van der Waals surface area contributed by atoms with Gasteiger partial charge >= 0.3 is 12.1 Å². The summed E-state index contributed by atoms with van der Waals surface area (Å²) in [5.41, 5.74) is 0.188. The lowest BCUT2D eigenvalue weighted by Crippen LogP contribution is -2.39. The zero-order valence-corrected chi connectivity index (χ0v) is 10.8. The van der Waals surface area contributed by atoms with E-state index in [1.54, 1.807) is 0 Å². The van der Waals surface area contributed by atoms with Crippen molar-refractivity contribution in [2.24, 2.45) is 16.2 Å². The standard InChI is InChI=1S/C13H19NO4/c1-11(2)12(4-3-5-12)13(11)6-8(9(15)16)14(7-13)10(17)18/h8H,3-7H2,1-2H3,(H,15,16)(H,17,18)/t8-,13+/m0/s1. The summed E-state index contributed by atoms with van der Waals surface area (Å²) in [6.07, 6.45) is 2.83. The molecule has 5 nitrogen and oxygen atoms in total. The molecule has 2 spiro atoms. The lowest BCUT2D eigenvalue weighted by atomic mass is 9.73. The van der Waals surface area contributed by atoms with E-state index in [1.165, 1.54) is 6.42 Å². The number of aliphatic carboxylic acids is 1. The number of carbonyl (C=O) groups is 2. The molecule has 0 bridgehead atoms. The average molecular weight is 253 g/mol. The summed E-state index contributed by atoms with van der Waals surface area (Å²) in [7, 11) is 0. The van der Waals surface area contributed by atoms with E-state index in [0.717, 1.165) is 17.7 Å². The van der Waals surface area contributed by atoms with Crippen molar-refractivity contribution in [1.82, 2.24) is 4.90 Å². The molecule has 3 rings (SSSR count). The second kappa shape index (κ2) is 3.00. The minimum absolute atomic E-state index is 0.0795. The first-order valence-electron chi connectivity index (χ1n) is 6.51. The van der Waals surface area contributed by atoms with E-state index in [2.05, 4.69) is 13.8 Å². The van der Waals surface area contributed by atoms with Crippen LogP contribution in [-0.2, 0) is 4.79 Å². The Morgan fingerprint density at radius 3 is 2.06 bits per heavy atom. The first-order chi connectivity index (χ1) is 8.29. The van der Waals surface area contributed by atoms with Crippen LogP contribution in [0.3, 0.4) is 0 Å². The van der Waals surface area contributed by atoms with Crippen molar-refractivity contribution < 1.29 is 19.8 Å². The molecule has 18 heavy (non-hydrogen) atoms. The van der Waals surface area contributed by atoms with Crippen molar-refractivity contribution in [3.05, 3.63) is 0 Å². The lowest BCUT2D eigenvalue weighted by Gasteiger charge is -2.31. The van der Waals surface area contributed by atoms with Crippen LogP contribution in [0, 0.1) is 16.2 Å². The van der Waals surface area contributed by atoms with Gasteiger partial charge in [-0.15, -0.1) is 0 Å². The van der Waals surface area contributed by atoms with Gasteiger partial charge in [-0.1, -0.05) is 20.3 Å². The Labute approximate surface area is 106 Å². The van der Waals surface area contributed by atoms with E-state index in [1.807, 2.05) is 0 Å². The first-order valence-corrected chi connectivity index (χ1v) is 6.51. The van der Waals surface area contributed by atoms with E-state index >= 15 is 0 Å². The van der Waals surface area contributed by atoms with Gasteiger partial charge in [0.1, 0.15) is 6.04 Å². The molecular formula is C13H19NO4. The quantitative estimate of drug-likeness (QED) is 0.749. The van der Waals surface area contributed by atoms with Crippen molar-refractivity contribution in [3.8, 4) is 0 Å². The summed E-state index contributed by atoms with van der Waals surface area (Å²) in [5.74, 6) is -1.01. The molecule has 100 valence electrons. The Balaban J connectivity index is 1.94. The fourth-order valence-corrected chi connectivity index (χ4v) is 5.02. The van der Waals surface area contributed by atoms with Gasteiger partial charge in [-0.05, 0) is 30.1 Å². The van der Waals surface area contributed by atoms with Crippen molar-refractivity contribution >= 4 is 12.1 Å². The third-order valence-corrected chi connectivity index (χ3v) is 6.34. The molecule has 1 amide bonds. The maximum absolute atomic E-state index is 11.3. The van der Waals surface area contributed by atoms with Gasteiger partial charge in [0.05, 0.1) is 0 Å². The van der Waals surface area contributed by atoms with Crippen LogP contribution in [0.15, 0.2) is 0 Å². The Kier molecular flexibility index (Phi) is 1.97. The van der Waals surface area contributed by atoms with Crippen LogP contribution in [0.2, 0.25) is 0 Å². The van der Waals surface area contributed by atoms with Crippen LogP contribution < -0.4 is 0 Å². The highest BCUT2D eigenvalue weighted by atomic mass is 16.4. The molecule has 0 unspecified atom stereocenters. The molecule has 1 saturated heterocycles. The van der Waals surface area contributed by atoms with Crippen LogP contribution in [0.1, 0.15) is 39.5 Å². The zero-order valence-electron chi connectivity index (χ0n) is 10.8. The number of rotatable bonds is 1. The molecule has 2 atom stereocenters. The Hall–Kier alpha value is -1.26. The topological polar surface area (TPSA) is 77.8 Å². The van der Waals surface area contributed by atoms with Gasteiger partial charge in [-0.2, -0.15) is 0 Å². The molecule has 2 saturated carbocycles. The van der Waals surface area contributed by atoms with Gasteiger partial charge in [0.15, 0.2) is 0 Å². The maximum atomic E-state index is 11.3. The van der Waals surface area contributed by atoms with E-state index < -0.39 is 18.1 Å². The Morgan fingerprint density at radius 2 is 1.78 bits per heavy atom. The second-order valence-corrected chi connectivity index (χ2v) is 6.61. The van der Waals surface area contributed by atoms with Crippen LogP contribution in [0.5, 0.6) is 0 Å². The third-order valence-electron chi connectivity index (χ3n) is 6.34. The smallest absolute Gasteiger partial charge is 0.408 e. The molecule has 1 aliphatic heterocycles. The molecule has 2 N–H and O–H groups in total. The van der Waals surface area contributed by atoms with Gasteiger partial charge in [0, 0.05) is 12.0 Å². The summed E-state index contributed by atoms with van der Waals surface area (Å²) < 4.78 is 0. The fourth-order valence-electron chi connectivity index (χ4n) is 5.02. The molecule has 1 heterocycles. The summed E-state index contributed by atoms with van der Waals surface area (Å²) in [5, 5.41) is 18.4. The van der Waals surface area contributed by atoms with E-state index in [0.29, 0.717) is 13.0 Å². The summed E-state index contributed by atoms with van der Waals surface area (Å²) in [4.78, 5) is 23.6. The second-order valence-electron chi connectivity index (χ2n) is 6.61. The highest BCUT2D eigenvalue weighted by molar-refractivity contribution is 5.80. The Bertz CT molecular complexity index is 416. The van der Waals surface area contributed by atoms with Crippen LogP contribution in [0.25, 0.3) is 0 Å². The molecule has 0 aromatic carbocycles. The molecule has 5 heteroatoms. The van der Waals surface area contributed by atoms with Gasteiger partial charge in [0.2, 0.25) is 0 Å². The first kappa shape index (κ1) is 11.8. The molecule has 3 fully saturated rings. The van der Waals surface area contributed by atoms with Crippen molar-refractivity contribution in [2.45, 2.75) is 45.6 Å². The summed E-state index contributed by atoms with van der Waals surface area (Å²) in [6.45, 7) is 4.75. The van der Waals surface area contributed by atoms with Crippen LogP contribution in [-0.4, -0.2) is 39.8 Å². The molecule has 2 aliphatic carbocycles. The summed E-state index contributed by atoms with van der Waals surface area (Å²) >= 11 is 0. The minimum Gasteiger partial charge on any atom is -0.480 e. The predicted molar refractivity (Wildman–Crippen MR) is 63.3 cm³/mol. The monoisotopic (exact) mass is 253 g/mol. The number of carboxylic acid groups (broad SMARTS) is 2. The Morgan fingerprint density at radius 1 is 1.17 bits per heavy atom. The van der Waals surface area contributed by atoms with Crippen LogP contribution >= 0.6 is 0 Å². The maximum Gasteiger partial charge on any atom is 0.408 e. The van der Waals surface area contributed by atoms with Crippen molar-refractivity contribution in [3.63, 3.8) is 0 Å². The van der Waals surface area contributed by atoms with Gasteiger partial charge in [0.25, 0.3) is 0 Å². The highest BCUT2D eigenvalue weighted by Crippen LogP contribution is 2.88. The van der Waals surface area contributed by atoms with E-state index in [4.69, 9.17) is 0 Å². The zero-order chi connectivity index (χ0) is 13.3. The number of nitrogens with zero attached hydrogens (tertiary/aromatic N) is 1. The van der Waals surface area contributed by atoms with Gasteiger partial charge < -0.3 is 10.2 Å². The normalized spacial score (nSPS) is 38.8. The number of fused-ring (bicyclic) bond motifs is 1. The number of carboxylic acids is 1. The SMILES string of the molecule is CC1(C)C2(CCC2)[C@@]12C[C@@H](C(=O)O)N(C(=O)O)C2. The molecule has 0 aromatic heterocycles. The average Bonchev–Trinajstić information content (AvgIpc) is 2.53. The molecular weight excluding hydrogens is 234 g/mol. The number of likely N-dealkylation sites (tertiary alicyclic amines) is 1. The number of hydrogen-bond donors (Lipinski definition) is 2. The van der Waals surface area contributed by atoms with Gasteiger partial charge in [-0.3, -0.25) is 4.90 Å². The minimum atomic E-state index is -1.10. The lowest BCUT2D eigenvalue weighted by molar-refractivity contribution is -0.141. The summed E-state index contributed by atoms with van der Waals surface area (Å²) in [6, 6.07) is -0.859. The largest absolute Gasteiger partial charge is 0.480 e. The van der Waals surface area contributed by atoms with E-state index in [9.17, 15) is 19.8 Å². The third kappa shape index (κ3) is 0.964. The van der Waals surface area contributed by atoms with Crippen LogP contribution in [0.4, 0.5) is 4.79 Å². The fraction of sp³-hybridized carbons (Fsp3) is 0.846. The molecule has 3 aliphatic rings. The molecule has 0 radical (unpaired) electrons.